The second-order valence-corrected chi connectivity index (χ2v) is 6.40. The zero-order valence-corrected chi connectivity index (χ0v) is 14.1. The molecule has 1 rings (SSSR count). The van der Waals surface area contributed by atoms with E-state index in [-0.39, 0.29) is 11.7 Å². The van der Waals surface area contributed by atoms with Gasteiger partial charge in [0, 0.05) is 24.8 Å². The summed E-state index contributed by atoms with van der Waals surface area (Å²) in [5.74, 6) is 1.04. The molecular formula is C16H23NOS2. The summed E-state index contributed by atoms with van der Waals surface area (Å²) in [4.78, 5) is 14.0. The van der Waals surface area contributed by atoms with E-state index in [1.165, 1.54) is 5.56 Å². The van der Waals surface area contributed by atoms with Gasteiger partial charge in [-0.05, 0) is 32.8 Å². The standard InChI is InChI=1S/C16H23NOS2/c1-4-17(5-2)16(19)20-12-15(13(3)18)11-14-9-7-6-8-10-14/h6-10,15H,4-5,11-12H2,1-3H3. The fourth-order valence-corrected chi connectivity index (χ4v) is 3.56. The van der Waals surface area contributed by atoms with Gasteiger partial charge in [-0.1, -0.05) is 54.3 Å². The Morgan fingerprint density at radius 3 is 2.35 bits per heavy atom. The van der Waals surface area contributed by atoms with Crippen molar-refractivity contribution < 1.29 is 4.79 Å². The van der Waals surface area contributed by atoms with Crippen molar-refractivity contribution in [3.8, 4) is 0 Å². The monoisotopic (exact) mass is 309 g/mol. The number of rotatable bonds is 7. The number of benzene rings is 1. The molecule has 110 valence electrons. The maximum absolute atomic E-state index is 11.8. The van der Waals surface area contributed by atoms with Crippen LogP contribution in [0.4, 0.5) is 0 Å². The molecule has 0 spiro atoms. The summed E-state index contributed by atoms with van der Waals surface area (Å²) in [6, 6.07) is 10.2. The topological polar surface area (TPSA) is 20.3 Å². The summed E-state index contributed by atoms with van der Waals surface area (Å²) in [5, 5.41) is 0. The molecule has 0 fully saturated rings. The van der Waals surface area contributed by atoms with Crippen molar-refractivity contribution in [2.24, 2.45) is 5.92 Å². The van der Waals surface area contributed by atoms with Crippen LogP contribution in [0.15, 0.2) is 30.3 Å². The number of thiocarbonyl (C=S) groups is 1. The molecule has 2 nitrogen and oxygen atoms in total. The number of thioether (sulfide) groups is 1. The van der Waals surface area contributed by atoms with Crippen LogP contribution in [-0.4, -0.2) is 33.8 Å². The normalized spacial score (nSPS) is 11.9. The summed E-state index contributed by atoms with van der Waals surface area (Å²) in [6.45, 7) is 7.72. The SMILES string of the molecule is CCN(CC)C(=S)SCC(Cc1ccccc1)C(C)=O. The molecule has 0 heterocycles. The van der Waals surface area contributed by atoms with Crippen LogP contribution in [0.2, 0.25) is 0 Å². The molecule has 0 N–H and O–H groups in total. The largest absolute Gasteiger partial charge is 0.358 e. The maximum atomic E-state index is 11.8. The molecule has 0 saturated heterocycles. The van der Waals surface area contributed by atoms with E-state index in [0.717, 1.165) is 29.6 Å². The molecule has 4 heteroatoms. The lowest BCUT2D eigenvalue weighted by atomic mass is 9.98. The van der Waals surface area contributed by atoms with E-state index in [9.17, 15) is 4.79 Å². The van der Waals surface area contributed by atoms with E-state index in [2.05, 4.69) is 30.9 Å². The van der Waals surface area contributed by atoms with Gasteiger partial charge in [0.25, 0.3) is 0 Å². The minimum absolute atomic E-state index is 0.0379. The Morgan fingerprint density at radius 1 is 1.25 bits per heavy atom. The van der Waals surface area contributed by atoms with Crippen LogP contribution in [0.1, 0.15) is 26.3 Å². The van der Waals surface area contributed by atoms with Gasteiger partial charge in [0.2, 0.25) is 0 Å². The number of carbonyl (C=O) groups excluding carboxylic acids is 1. The number of hydrogen-bond acceptors (Lipinski definition) is 3. The third-order valence-electron chi connectivity index (χ3n) is 3.33. The first-order valence-corrected chi connectivity index (χ1v) is 8.43. The fourth-order valence-electron chi connectivity index (χ4n) is 1.96. The third kappa shape index (κ3) is 5.63. The summed E-state index contributed by atoms with van der Waals surface area (Å²) in [7, 11) is 0. The average Bonchev–Trinajstić information content (AvgIpc) is 2.45. The Hall–Kier alpha value is -0.870. The Kier molecular flexibility index (Phi) is 7.85. The first kappa shape index (κ1) is 17.2. The van der Waals surface area contributed by atoms with Crippen molar-refractivity contribution in [2.75, 3.05) is 18.8 Å². The second-order valence-electron chi connectivity index (χ2n) is 4.75. The van der Waals surface area contributed by atoms with Crippen LogP contribution >= 0.6 is 24.0 Å². The van der Waals surface area contributed by atoms with Crippen LogP contribution in [0.5, 0.6) is 0 Å². The van der Waals surface area contributed by atoms with Gasteiger partial charge in [-0.15, -0.1) is 0 Å². The number of ketones is 1. The molecular weight excluding hydrogens is 286 g/mol. The van der Waals surface area contributed by atoms with Gasteiger partial charge in [0.05, 0.1) is 0 Å². The predicted octanol–water partition coefficient (Wildman–Crippen LogP) is 3.79. The van der Waals surface area contributed by atoms with Crippen LogP contribution in [0.25, 0.3) is 0 Å². The molecule has 0 saturated carbocycles. The van der Waals surface area contributed by atoms with Gasteiger partial charge in [-0.3, -0.25) is 4.79 Å². The van der Waals surface area contributed by atoms with Crippen molar-refractivity contribution >= 4 is 34.1 Å². The fraction of sp³-hybridized carbons (Fsp3) is 0.500. The van der Waals surface area contributed by atoms with Crippen LogP contribution < -0.4 is 0 Å². The number of nitrogens with zero attached hydrogens (tertiary/aromatic N) is 1. The molecule has 1 unspecified atom stereocenters. The molecule has 0 bridgehead atoms. The zero-order chi connectivity index (χ0) is 15.0. The summed E-state index contributed by atoms with van der Waals surface area (Å²) < 4.78 is 0.898. The molecule has 20 heavy (non-hydrogen) atoms. The lowest BCUT2D eigenvalue weighted by Gasteiger charge is -2.22. The van der Waals surface area contributed by atoms with Gasteiger partial charge in [-0.2, -0.15) is 0 Å². The predicted molar refractivity (Wildman–Crippen MR) is 92.3 cm³/mol. The van der Waals surface area contributed by atoms with Crippen molar-refractivity contribution in [1.82, 2.24) is 4.90 Å². The van der Waals surface area contributed by atoms with E-state index < -0.39 is 0 Å². The first-order chi connectivity index (χ1) is 9.58. The highest BCUT2D eigenvalue weighted by atomic mass is 32.2. The van der Waals surface area contributed by atoms with Crippen molar-refractivity contribution in [2.45, 2.75) is 27.2 Å². The first-order valence-electron chi connectivity index (χ1n) is 7.04. The minimum atomic E-state index is 0.0379. The van der Waals surface area contributed by atoms with E-state index in [4.69, 9.17) is 12.2 Å². The number of Topliss-reactive ketones (excluding diaryl/α,β-unsaturated/α-hetero) is 1. The summed E-state index contributed by atoms with van der Waals surface area (Å²) >= 11 is 7.05. The quantitative estimate of drug-likeness (QED) is 0.714. The van der Waals surface area contributed by atoms with Crippen LogP contribution in [0, 0.1) is 5.92 Å². The average molecular weight is 310 g/mol. The smallest absolute Gasteiger partial charge is 0.136 e. The molecule has 1 aromatic rings. The highest BCUT2D eigenvalue weighted by Gasteiger charge is 2.17. The molecule has 0 aliphatic carbocycles. The lowest BCUT2D eigenvalue weighted by Crippen LogP contribution is -2.28. The molecule has 1 aromatic carbocycles. The summed E-state index contributed by atoms with van der Waals surface area (Å²) in [5.41, 5.74) is 1.21. The van der Waals surface area contributed by atoms with Crippen molar-refractivity contribution in [1.29, 1.82) is 0 Å². The van der Waals surface area contributed by atoms with Gasteiger partial charge in [-0.25, -0.2) is 0 Å². The zero-order valence-electron chi connectivity index (χ0n) is 12.5. The van der Waals surface area contributed by atoms with Gasteiger partial charge in [0.15, 0.2) is 0 Å². The maximum Gasteiger partial charge on any atom is 0.136 e. The summed E-state index contributed by atoms with van der Waals surface area (Å²) in [6.07, 6.45) is 0.796. The molecule has 0 amide bonds. The van der Waals surface area contributed by atoms with E-state index >= 15 is 0 Å². The van der Waals surface area contributed by atoms with Crippen LogP contribution in [-0.2, 0) is 11.2 Å². The Morgan fingerprint density at radius 2 is 1.85 bits per heavy atom. The highest BCUT2D eigenvalue weighted by Crippen LogP contribution is 2.18. The Bertz CT molecular complexity index is 429. The minimum Gasteiger partial charge on any atom is -0.358 e. The second kappa shape index (κ2) is 9.14. The Labute approximate surface area is 131 Å². The molecule has 0 aliphatic heterocycles. The van der Waals surface area contributed by atoms with Crippen LogP contribution in [0.3, 0.4) is 0 Å². The van der Waals surface area contributed by atoms with Gasteiger partial charge in [0.1, 0.15) is 10.1 Å². The van der Waals surface area contributed by atoms with Gasteiger partial charge < -0.3 is 4.90 Å². The van der Waals surface area contributed by atoms with E-state index in [1.807, 2.05) is 18.2 Å². The molecule has 0 radical (unpaired) electrons. The lowest BCUT2D eigenvalue weighted by molar-refractivity contribution is -0.120. The highest BCUT2D eigenvalue weighted by molar-refractivity contribution is 8.22. The molecule has 0 aliphatic rings. The van der Waals surface area contributed by atoms with E-state index in [1.54, 1.807) is 18.7 Å². The van der Waals surface area contributed by atoms with Gasteiger partial charge >= 0.3 is 0 Å². The third-order valence-corrected chi connectivity index (χ3v) is 5.02. The molecule has 1 atom stereocenters. The Balaban J connectivity index is 2.56. The number of hydrogen-bond donors (Lipinski definition) is 0. The van der Waals surface area contributed by atoms with Crippen molar-refractivity contribution in [3.05, 3.63) is 35.9 Å². The number of carbonyl (C=O) groups is 1. The van der Waals surface area contributed by atoms with Crippen molar-refractivity contribution in [3.63, 3.8) is 0 Å². The van der Waals surface area contributed by atoms with E-state index in [0.29, 0.717) is 0 Å². The molecule has 0 aromatic heterocycles.